The molecule has 2 aliphatic rings. The molecule has 0 bridgehead atoms. The van der Waals surface area contributed by atoms with Gasteiger partial charge in [-0.25, -0.2) is 0 Å². The van der Waals surface area contributed by atoms with Gasteiger partial charge in [0.05, 0.1) is 11.2 Å². The molecule has 2 aromatic rings. The lowest BCUT2D eigenvalue weighted by Gasteiger charge is -2.32. The van der Waals surface area contributed by atoms with E-state index in [1.807, 2.05) is 24.3 Å². The van der Waals surface area contributed by atoms with E-state index in [0.29, 0.717) is 11.7 Å². The fraction of sp³-hybridized carbons (Fsp3) is 0.529. The van der Waals surface area contributed by atoms with Crippen molar-refractivity contribution in [2.24, 2.45) is 0 Å². The summed E-state index contributed by atoms with van der Waals surface area (Å²) in [6.45, 7) is 8.21. The van der Waals surface area contributed by atoms with Crippen LogP contribution in [-0.4, -0.2) is 28.5 Å². The molecule has 6 heteroatoms. The Balaban J connectivity index is 1.61. The van der Waals surface area contributed by atoms with Gasteiger partial charge < -0.3 is 13.8 Å². The van der Waals surface area contributed by atoms with E-state index >= 15 is 0 Å². The lowest BCUT2D eigenvalue weighted by atomic mass is 9.78. The van der Waals surface area contributed by atoms with Gasteiger partial charge in [0.15, 0.2) is 0 Å². The van der Waals surface area contributed by atoms with Gasteiger partial charge in [0.25, 0.3) is 0 Å². The highest BCUT2D eigenvalue weighted by atomic mass is 16.7. The Hall–Kier alpha value is -1.66. The van der Waals surface area contributed by atoms with Crippen molar-refractivity contribution in [1.29, 1.82) is 0 Å². The standard InChI is InChI=1S/C17H21BN2O3/c1-16(2)17(3,4)23-18(22-16)13-7-5-6-12(10-13)14-19-15(21-20-14)11-8-9-11/h5-7,10-11H,8-9H2,1-4H3. The Morgan fingerprint density at radius 1 is 1.09 bits per heavy atom. The van der Waals surface area contributed by atoms with Crippen LogP contribution < -0.4 is 5.46 Å². The molecule has 1 saturated carbocycles. The number of aromatic nitrogens is 2. The van der Waals surface area contributed by atoms with Crippen LogP contribution in [0, 0.1) is 0 Å². The maximum absolute atomic E-state index is 6.11. The Bertz CT molecular complexity index is 721. The molecule has 0 amide bonds. The third-order valence-corrected chi connectivity index (χ3v) is 5.04. The Morgan fingerprint density at radius 2 is 1.78 bits per heavy atom. The Labute approximate surface area is 136 Å². The normalized spacial score (nSPS) is 22.5. The summed E-state index contributed by atoms with van der Waals surface area (Å²) in [6.07, 6.45) is 2.30. The van der Waals surface area contributed by atoms with E-state index < -0.39 is 0 Å². The molecule has 1 aliphatic carbocycles. The summed E-state index contributed by atoms with van der Waals surface area (Å²) in [5.41, 5.74) is 1.20. The lowest BCUT2D eigenvalue weighted by Crippen LogP contribution is -2.41. The van der Waals surface area contributed by atoms with Gasteiger partial charge in [0, 0.05) is 11.5 Å². The zero-order chi connectivity index (χ0) is 16.2. The van der Waals surface area contributed by atoms with Gasteiger partial charge in [-0.2, -0.15) is 4.98 Å². The van der Waals surface area contributed by atoms with Gasteiger partial charge in [-0.15, -0.1) is 0 Å². The predicted octanol–water partition coefficient (Wildman–Crippen LogP) is 2.91. The third-order valence-electron chi connectivity index (χ3n) is 5.04. The zero-order valence-corrected chi connectivity index (χ0v) is 14.0. The van der Waals surface area contributed by atoms with E-state index in [0.717, 1.165) is 29.8 Å². The van der Waals surface area contributed by atoms with Crippen LogP contribution in [0.15, 0.2) is 28.8 Å². The molecule has 0 atom stereocenters. The summed E-state index contributed by atoms with van der Waals surface area (Å²) in [4.78, 5) is 4.51. The summed E-state index contributed by atoms with van der Waals surface area (Å²) in [5, 5.41) is 4.10. The molecule has 0 spiro atoms. The molecule has 23 heavy (non-hydrogen) atoms. The van der Waals surface area contributed by atoms with Crippen LogP contribution >= 0.6 is 0 Å². The third kappa shape index (κ3) is 2.60. The van der Waals surface area contributed by atoms with Crippen molar-refractivity contribution < 1.29 is 13.8 Å². The van der Waals surface area contributed by atoms with Crippen molar-refractivity contribution in [3.63, 3.8) is 0 Å². The van der Waals surface area contributed by atoms with Gasteiger partial charge in [-0.05, 0) is 46.0 Å². The molecular formula is C17H21BN2O3. The maximum Gasteiger partial charge on any atom is 0.494 e. The highest BCUT2D eigenvalue weighted by Gasteiger charge is 2.51. The van der Waals surface area contributed by atoms with Crippen molar-refractivity contribution in [2.75, 3.05) is 0 Å². The summed E-state index contributed by atoms with van der Waals surface area (Å²) in [6, 6.07) is 7.98. The molecule has 120 valence electrons. The Kier molecular flexibility index (Phi) is 3.19. The van der Waals surface area contributed by atoms with Crippen LogP contribution in [0.2, 0.25) is 0 Å². The average molecular weight is 312 g/mol. The summed E-state index contributed by atoms with van der Waals surface area (Å²) in [5.74, 6) is 1.84. The van der Waals surface area contributed by atoms with Gasteiger partial charge in [-0.1, -0.05) is 29.4 Å². The molecule has 4 rings (SSSR count). The second-order valence-corrected chi connectivity index (χ2v) is 7.44. The second kappa shape index (κ2) is 4.92. The van der Waals surface area contributed by atoms with Crippen molar-refractivity contribution in [3.8, 4) is 11.4 Å². The van der Waals surface area contributed by atoms with E-state index in [-0.39, 0.29) is 18.3 Å². The fourth-order valence-electron chi connectivity index (χ4n) is 2.65. The van der Waals surface area contributed by atoms with Crippen molar-refractivity contribution >= 4 is 12.6 Å². The molecule has 2 heterocycles. The Morgan fingerprint density at radius 3 is 2.43 bits per heavy atom. The first kappa shape index (κ1) is 14.9. The molecule has 1 aromatic carbocycles. The van der Waals surface area contributed by atoms with E-state index in [1.165, 1.54) is 0 Å². The summed E-state index contributed by atoms with van der Waals surface area (Å²) < 4.78 is 17.6. The highest BCUT2D eigenvalue weighted by molar-refractivity contribution is 6.62. The van der Waals surface area contributed by atoms with Crippen LogP contribution in [0.4, 0.5) is 0 Å². The largest absolute Gasteiger partial charge is 0.494 e. The first-order valence-electron chi connectivity index (χ1n) is 8.15. The van der Waals surface area contributed by atoms with Crippen LogP contribution in [0.3, 0.4) is 0 Å². The average Bonchev–Trinajstić information content (AvgIpc) is 3.18. The van der Waals surface area contributed by atoms with Crippen molar-refractivity contribution in [1.82, 2.24) is 10.1 Å². The van der Waals surface area contributed by atoms with Crippen LogP contribution in [0.1, 0.15) is 52.3 Å². The van der Waals surface area contributed by atoms with Crippen LogP contribution in [0.5, 0.6) is 0 Å². The van der Waals surface area contributed by atoms with Gasteiger partial charge in [0.2, 0.25) is 11.7 Å². The SMILES string of the molecule is CC1(C)OB(c2cccc(-c3noc(C4CC4)n3)c2)OC1(C)C. The first-order valence-corrected chi connectivity index (χ1v) is 8.15. The number of rotatable bonds is 3. The number of hydrogen-bond donors (Lipinski definition) is 0. The summed E-state index contributed by atoms with van der Waals surface area (Å²) in [7, 11) is -0.380. The number of benzene rings is 1. The number of hydrogen-bond acceptors (Lipinski definition) is 5. The van der Waals surface area contributed by atoms with E-state index in [1.54, 1.807) is 0 Å². The minimum absolute atomic E-state index is 0.348. The molecular weight excluding hydrogens is 291 g/mol. The topological polar surface area (TPSA) is 57.4 Å². The molecule has 0 unspecified atom stereocenters. The molecule has 1 aromatic heterocycles. The smallest absolute Gasteiger partial charge is 0.399 e. The summed E-state index contributed by atoms with van der Waals surface area (Å²) >= 11 is 0. The fourth-order valence-corrected chi connectivity index (χ4v) is 2.65. The second-order valence-electron chi connectivity index (χ2n) is 7.44. The molecule has 0 radical (unpaired) electrons. The molecule has 1 saturated heterocycles. The van der Waals surface area contributed by atoms with E-state index in [4.69, 9.17) is 13.8 Å². The first-order chi connectivity index (χ1) is 10.9. The maximum atomic E-state index is 6.11. The minimum atomic E-state index is -0.380. The van der Waals surface area contributed by atoms with Gasteiger partial charge in [0.1, 0.15) is 0 Å². The zero-order valence-electron chi connectivity index (χ0n) is 14.0. The molecule has 1 aliphatic heterocycles. The lowest BCUT2D eigenvalue weighted by molar-refractivity contribution is 0.00578. The quantitative estimate of drug-likeness (QED) is 0.816. The number of nitrogens with zero attached hydrogens (tertiary/aromatic N) is 2. The van der Waals surface area contributed by atoms with Gasteiger partial charge >= 0.3 is 7.12 Å². The van der Waals surface area contributed by atoms with E-state index in [2.05, 4.69) is 37.8 Å². The van der Waals surface area contributed by atoms with E-state index in [9.17, 15) is 0 Å². The molecule has 5 nitrogen and oxygen atoms in total. The van der Waals surface area contributed by atoms with Crippen LogP contribution in [-0.2, 0) is 9.31 Å². The monoisotopic (exact) mass is 312 g/mol. The van der Waals surface area contributed by atoms with Crippen LogP contribution in [0.25, 0.3) is 11.4 Å². The minimum Gasteiger partial charge on any atom is -0.399 e. The highest BCUT2D eigenvalue weighted by Crippen LogP contribution is 2.39. The molecule has 2 fully saturated rings. The molecule has 0 N–H and O–H groups in total. The van der Waals surface area contributed by atoms with Crippen molar-refractivity contribution in [3.05, 3.63) is 30.2 Å². The van der Waals surface area contributed by atoms with Gasteiger partial charge in [-0.3, -0.25) is 0 Å². The predicted molar refractivity (Wildman–Crippen MR) is 87.4 cm³/mol. The van der Waals surface area contributed by atoms with Crippen molar-refractivity contribution in [2.45, 2.75) is 57.7 Å².